The van der Waals surface area contributed by atoms with E-state index in [1.807, 2.05) is 32.9 Å². The zero-order valence-electron chi connectivity index (χ0n) is 20.1. The number of hydrogen-bond donors (Lipinski definition) is 0. The minimum Gasteiger partial charge on any atom is -0.444 e. The minimum absolute atomic E-state index is 0.138. The van der Waals surface area contributed by atoms with Crippen LogP contribution in [0, 0.1) is 12.3 Å². The van der Waals surface area contributed by atoms with Gasteiger partial charge in [-0.1, -0.05) is 87.4 Å². The van der Waals surface area contributed by atoms with Crippen molar-refractivity contribution in [1.29, 1.82) is 0 Å². The molecule has 1 fully saturated rings. The molecule has 0 N–H and O–H groups in total. The summed E-state index contributed by atoms with van der Waals surface area (Å²) in [7, 11) is -2.72. The van der Waals surface area contributed by atoms with E-state index in [0.717, 1.165) is 0 Å². The predicted octanol–water partition coefficient (Wildman–Crippen LogP) is 4.57. The Hall–Kier alpha value is -2.55. The lowest BCUT2D eigenvalue weighted by atomic mass is 10.2. The van der Waals surface area contributed by atoms with Gasteiger partial charge in [0.25, 0.3) is 8.32 Å². The average molecular weight is 450 g/mol. The van der Waals surface area contributed by atoms with Crippen LogP contribution in [0.25, 0.3) is 0 Å². The standard InChI is InChI=1S/C27H35NO3Si/c1-8-21-19-22(20-28(21)25(29)30-26(2,3)4)31-32(27(5,6)7,23-15-11-9-12-16-23)24-17-13-10-14-18-24/h1,9-18,21-22H,19-20H2,2-7H3/t21-,22-/m1/s1. The van der Waals surface area contributed by atoms with Crippen molar-refractivity contribution in [2.24, 2.45) is 0 Å². The van der Waals surface area contributed by atoms with E-state index >= 15 is 0 Å². The monoisotopic (exact) mass is 449 g/mol. The first kappa shape index (κ1) is 24.1. The van der Waals surface area contributed by atoms with E-state index in [-0.39, 0.29) is 23.3 Å². The number of carbonyl (C=O) groups excluding carboxylic acids is 1. The first-order valence-electron chi connectivity index (χ1n) is 11.2. The molecule has 0 bridgehead atoms. The van der Waals surface area contributed by atoms with Crippen molar-refractivity contribution in [2.75, 3.05) is 6.54 Å². The van der Waals surface area contributed by atoms with E-state index in [0.29, 0.717) is 13.0 Å². The number of benzene rings is 2. The third-order valence-corrected chi connectivity index (χ3v) is 10.9. The minimum atomic E-state index is -2.72. The van der Waals surface area contributed by atoms with Gasteiger partial charge in [0.15, 0.2) is 0 Å². The molecule has 1 saturated heterocycles. The van der Waals surface area contributed by atoms with Crippen LogP contribution in [0.3, 0.4) is 0 Å². The number of nitrogens with zero attached hydrogens (tertiary/aromatic N) is 1. The molecule has 0 spiro atoms. The summed E-state index contributed by atoms with van der Waals surface area (Å²) < 4.78 is 12.8. The maximum atomic E-state index is 12.8. The van der Waals surface area contributed by atoms with Crippen LogP contribution in [-0.2, 0) is 9.16 Å². The summed E-state index contributed by atoms with van der Waals surface area (Å²) in [4.78, 5) is 14.5. The molecule has 2 atom stereocenters. The van der Waals surface area contributed by atoms with Crippen LogP contribution in [0.4, 0.5) is 4.79 Å². The number of terminal acetylenes is 1. The van der Waals surface area contributed by atoms with E-state index in [2.05, 4.69) is 75.2 Å². The van der Waals surface area contributed by atoms with Gasteiger partial charge in [-0.05, 0) is 36.2 Å². The van der Waals surface area contributed by atoms with Crippen LogP contribution >= 0.6 is 0 Å². The Morgan fingerprint density at radius 3 is 1.88 bits per heavy atom. The number of amides is 1. The van der Waals surface area contributed by atoms with Gasteiger partial charge in [-0.15, -0.1) is 6.42 Å². The largest absolute Gasteiger partial charge is 0.444 e. The lowest BCUT2D eigenvalue weighted by Crippen LogP contribution is -2.67. The molecule has 1 aliphatic heterocycles. The molecule has 0 unspecified atom stereocenters. The fourth-order valence-corrected chi connectivity index (χ4v) is 9.19. The van der Waals surface area contributed by atoms with Gasteiger partial charge in [0.2, 0.25) is 0 Å². The molecule has 2 aromatic rings. The summed E-state index contributed by atoms with van der Waals surface area (Å²) in [5, 5.41) is 2.29. The highest BCUT2D eigenvalue weighted by molar-refractivity contribution is 6.99. The fourth-order valence-electron chi connectivity index (χ4n) is 4.50. The molecular weight excluding hydrogens is 414 g/mol. The van der Waals surface area contributed by atoms with E-state index < -0.39 is 13.9 Å². The molecule has 32 heavy (non-hydrogen) atoms. The number of likely N-dealkylation sites (tertiary alicyclic amines) is 1. The fraction of sp³-hybridized carbons (Fsp3) is 0.444. The second-order valence-electron chi connectivity index (χ2n) is 10.5. The maximum absolute atomic E-state index is 12.8. The Morgan fingerprint density at radius 2 is 1.47 bits per heavy atom. The SMILES string of the molecule is C#C[C@@H]1C[C@@H](O[Si](c2ccccc2)(c2ccccc2)C(C)(C)C)CN1C(=O)OC(C)(C)C. The van der Waals surface area contributed by atoms with Crippen LogP contribution in [0.15, 0.2) is 60.7 Å². The van der Waals surface area contributed by atoms with Gasteiger partial charge >= 0.3 is 6.09 Å². The van der Waals surface area contributed by atoms with Gasteiger partial charge in [-0.25, -0.2) is 4.79 Å². The van der Waals surface area contributed by atoms with Gasteiger partial charge < -0.3 is 9.16 Å². The van der Waals surface area contributed by atoms with Gasteiger partial charge in [-0.2, -0.15) is 0 Å². The lowest BCUT2D eigenvalue weighted by Gasteiger charge is -2.44. The zero-order valence-corrected chi connectivity index (χ0v) is 21.1. The van der Waals surface area contributed by atoms with Crippen molar-refractivity contribution in [2.45, 2.75) is 70.7 Å². The zero-order chi connectivity index (χ0) is 23.6. The second-order valence-corrected chi connectivity index (χ2v) is 14.7. The molecule has 5 heteroatoms. The highest BCUT2D eigenvalue weighted by Crippen LogP contribution is 2.39. The van der Waals surface area contributed by atoms with Crippen molar-refractivity contribution in [3.05, 3.63) is 60.7 Å². The molecule has 3 rings (SSSR count). The van der Waals surface area contributed by atoms with E-state index in [1.54, 1.807) is 4.90 Å². The van der Waals surface area contributed by atoms with Crippen molar-refractivity contribution in [3.63, 3.8) is 0 Å². The molecule has 1 heterocycles. The maximum Gasteiger partial charge on any atom is 0.411 e. The molecule has 170 valence electrons. The number of ether oxygens (including phenoxy) is 1. The molecule has 1 amide bonds. The summed E-state index contributed by atoms with van der Waals surface area (Å²) in [6.45, 7) is 12.8. The molecule has 2 aromatic carbocycles. The number of rotatable bonds is 4. The van der Waals surface area contributed by atoms with Crippen molar-refractivity contribution in [3.8, 4) is 12.3 Å². The average Bonchev–Trinajstić information content (AvgIpc) is 3.14. The Balaban J connectivity index is 2.01. The molecular formula is C27H35NO3Si. The molecule has 0 saturated carbocycles. The van der Waals surface area contributed by atoms with Crippen molar-refractivity contribution >= 4 is 24.8 Å². The lowest BCUT2D eigenvalue weighted by molar-refractivity contribution is 0.0243. The van der Waals surface area contributed by atoms with Crippen LogP contribution in [0.1, 0.15) is 48.0 Å². The highest BCUT2D eigenvalue weighted by atomic mass is 28.4. The van der Waals surface area contributed by atoms with Crippen LogP contribution < -0.4 is 10.4 Å². The van der Waals surface area contributed by atoms with Crippen LogP contribution in [-0.4, -0.2) is 43.6 Å². The van der Waals surface area contributed by atoms with Gasteiger partial charge in [0.1, 0.15) is 5.60 Å². The van der Waals surface area contributed by atoms with Crippen molar-refractivity contribution in [1.82, 2.24) is 4.90 Å². The Kier molecular flexibility index (Phi) is 6.88. The Morgan fingerprint density at radius 1 is 0.969 bits per heavy atom. The molecule has 0 radical (unpaired) electrons. The van der Waals surface area contributed by atoms with Gasteiger partial charge in [-0.3, -0.25) is 4.90 Å². The molecule has 1 aliphatic rings. The van der Waals surface area contributed by atoms with Crippen LogP contribution in [0.5, 0.6) is 0 Å². The molecule has 4 nitrogen and oxygen atoms in total. The summed E-state index contributed by atoms with van der Waals surface area (Å²) in [5.74, 6) is 2.78. The van der Waals surface area contributed by atoms with E-state index in [1.165, 1.54) is 10.4 Å². The summed E-state index contributed by atoms with van der Waals surface area (Å²) >= 11 is 0. The third-order valence-electron chi connectivity index (χ3n) is 5.84. The number of carbonyl (C=O) groups is 1. The van der Waals surface area contributed by atoms with E-state index in [9.17, 15) is 4.79 Å². The van der Waals surface area contributed by atoms with E-state index in [4.69, 9.17) is 15.6 Å². The van der Waals surface area contributed by atoms with Gasteiger partial charge in [0, 0.05) is 6.42 Å². The molecule has 0 aromatic heterocycles. The number of hydrogen-bond acceptors (Lipinski definition) is 3. The Labute approximate surface area is 194 Å². The highest BCUT2D eigenvalue weighted by Gasteiger charge is 2.53. The first-order valence-corrected chi connectivity index (χ1v) is 13.1. The summed E-state index contributed by atoms with van der Waals surface area (Å²) in [6.07, 6.45) is 5.86. The van der Waals surface area contributed by atoms with Gasteiger partial charge in [0.05, 0.1) is 18.7 Å². The topological polar surface area (TPSA) is 38.8 Å². The summed E-state index contributed by atoms with van der Waals surface area (Å²) in [6, 6.07) is 20.7. The quantitative estimate of drug-likeness (QED) is 0.507. The first-order chi connectivity index (χ1) is 15.0. The normalized spacial score (nSPS) is 19.5. The summed E-state index contributed by atoms with van der Waals surface area (Å²) in [5.41, 5.74) is -0.576. The van der Waals surface area contributed by atoms with Crippen molar-refractivity contribution < 1.29 is 14.0 Å². The van der Waals surface area contributed by atoms with Crippen LogP contribution in [0.2, 0.25) is 5.04 Å². The third kappa shape index (κ3) is 4.92. The second kappa shape index (κ2) is 9.13. The predicted molar refractivity (Wildman–Crippen MR) is 133 cm³/mol. The Bertz CT molecular complexity index is 915. The smallest absolute Gasteiger partial charge is 0.411 e. The molecule has 0 aliphatic carbocycles.